The molecule has 0 saturated heterocycles. The fourth-order valence-corrected chi connectivity index (χ4v) is 7.58. The summed E-state index contributed by atoms with van der Waals surface area (Å²) in [6.45, 7) is 15.0. The van der Waals surface area contributed by atoms with Crippen molar-refractivity contribution >= 4 is 46.7 Å². The molecule has 2 aliphatic carbocycles. The van der Waals surface area contributed by atoms with Crippen molar-refractivity contribution in [3.63, 3.8) is 0 Å². The zero-order valence-corrected chi connectivity index (χ0v) is 36.4. The minimum absolute atomic E-state index is 0.0115. The lowest BCUT2D eigenvalue weighted by atomic mass is 9.83. The Bertz CT molecular complexity index is 1910. The van der Waals surface area contributed by atoms with Gasteiger partial charge in [-0.25, -0.2) is 9.59 Å². The van der Waals surface area contributed by atoms with Gasteiger partial charge in [0.15, 0.2) is 0 Å². The average Bonchev–Trinajstić information content (AvgIpc) is 3.65. The molecule has 3 amide bonds. The predicted molar refractivity (Wildman–Crippen MR) is 232 cm³/mol. The number of benzene rings is 2. The van der Waals surface area contributed by atoms with Crippen LogP contribution in [0.25, 0.3) is 11.3 Å². The van der Waals surface area contributed by atoms with Gasteiger partial charge in [-0.1, -0.05) is 83.4 Å². The van der Waals surface area contributed by atoms with Crippen molar-refractivity contribution < 1.29 is 42.9 Å². The largest absolute Gasteiger partial charge is 0.497 e. The zero-order valence-electron chi connectivity index (χ0n) is 36.4. The van der Waals surface area contributed by atoms with E-state index in [2.05, 4.69) is 22.5 Å². The van der Waals surface area contributed by atoms with Crippen molar-refractivity contribution in [3.05, 3.63) is 84.0 Å². The van der Waals surface area contributed by atoms with Crippen LogP contribution in [0.1, 0.15) is 104 Å². The summed E-state index contributed by atoms with van der Waals surface area (Å²) in [4.78, 5) is 68.9. The second kappa shape index (κ2) is 21.6. The molecule has 0 heterocycles. The number of carbonyl (C=O) groups excluding carboxylic acids is 5. The van der Waals surface area contributed by atoms with Crippen LogP contribution in [0.2, 0.25) is 0 Å². The molecule has 0 unspecified atom stereocenters. The molecule has 2 aromatic rings. The second-order valence-electron chi connectivity index (χ2n) is 16.9. The molecule has 0 bridgehead atoms. The van der Waals surface area contributed by atoms with Gasteiger partial charge in [-0.15, -0.1) is 0 Å². The number of carbonyl (C=O) groups is 5. The fourth-order valence-electron chi connectivity index (χ4n) is 7.58. The molecule has 0 radical (unpaired) electrons. The summed E-state index contributed by atoms with van der Waals surface area (Å²) < 4.78 is 22.7. The third-order valence-electron chi connectivity index (χ3n) is 10.7. The Balaban J connectivity index is 1.71. The molecule has 0 spiro atoms. The maximum absolute atomic E-state index is 14.4. The smallest absolute Gasteiger partial charge is 0.329 e. The van der Waals surface area contributed by atoms with Crippen molar-refractivity contribution in [2.24, 2.45) is 17.8 Å². The molecule has 5 atom stereocenters. The predicted octanol–water partition coefficient (Wildman–Crippen LogP) is 6.67. The van der Waals surface area contributed by atoms with E-state index in [0.717, 1.165) is 37.7 Å². The molecule has 326 valence electrons. The topological polar surface area (TPSA) is 184 Å². The SMILES string of the molecule is C=C(/C=C(/O[C@H]1C=C(C(=O)N[C@H](C(=O)N[C@H](C(=O)OC)C2CCCCC2)C(C)C)[C@H](C(=O)N[C@@H](CCC)C(=O)OC(C)(C)C)C1)c1ccc(OC)cc1N)c1ccccc1. The van der Waals surface area contributed by atoms with E-state index in [9.17, 15) is 24.0 Å². The summed E-state index contributed by atoms with van der Waals surface area (Å²) in [6, 6.07) is 11.8. The molecule has 5 N–H and O–H groups in total. The molecular weight excluding hydrogens is 765 g/mol. The number of nitrogens with one attached hydrogen (secondary N) is 3. The summed E-state index contributed by atoms with van der Waals surface area (Å²) in [7, 11) is 2.83. The lowest BCUT2D eigenvalue weighted by Gasteiger charge is -2.31. The van der Waals surface area contributed by atoms with Gasteiger partial charge in [0.2, 0.25) is 17.7 Å². The summed E-state index contributed by atoms with van der Waals surface area (Å²) >= 11 is 0. The van der Waals surface area contributed by atoms with Crippen molar-refractivity contribution in [2.45, 2.75) is 123 Å². The van der Waals surface area contributed by atoms with Crippen LogP contribution in [0.15, 0.2) is 72.8 Å². The van der Waals surface area contributed by atoms with Crippen molar-refractivity contribution in [3.8, 4) is 5.75 Å². The highest BCUT2D eigenvalue weighted by atomic mass is 16.6. The number of hydrogen-bond acceptors (Lipinski definition) is 10. The lowest BCUT2D eigenvalue weighted by Crippen LogP contribution is -2.56. The Labute approximate surface area is 354 Å². The summed E-state index contributed by atoms with van der Waals surface area (Å²) in [5, 5.41) is 8.58. The highest BCUT2D eigenvalue weighted by molar-refractivity contribution is 6.03. The van der Waals surface area contributed by atoms with Gasteiger partial charge in [0.25, 0.3) is 0 Å². The van der Waals surface area contributed by atoms with Gasteiger partial charge in [0.1, 0.15) is 41.3 Å². The zero-order chi connectivity index (χ0) is 44.1. The van der Waals surface area contributed by atoms with E-state index < -0.39 is 71.3 Å². The van der Waals surface area contributed by atoms with Gasteiger partial charge in [0.05, 0.1) is 20.1 Å². The monoisotopic (exact) mass is 828 g/mol. The molecule has 4 rings (SSSR count). The highest BCUT2D eigenvalue weighted by Gasteiger charge is 2.41. The third-order valence-corrected chi connectivity index (χ3v) is 10.7. The number of nitrogen functional groups attached to an aromatic ring is 1. The number of methoxy groups -OCH3 is 2. The molecule has 13 nitrogen and oxygen atoms in total. The van der Waals surface area contributed by atoms with E-state index in [4.69, 9.17) is 24.7 Å². The van der Waals surface area contributed by atoms with E-state index in [1.165, 1.54) is 14.2 Å². The fraction of sp³-hybridized carbons (Fsp3) is 0.511. The normalized spacial score (nSPS) is 18.6. The summed E-state index contributed by atoms with van der Waals surface area (Å²) in [6.07, 6.45) is 7.83. The molecule has 0 aliphatic heterocycles. The number of esters is 2. The van der Waals surface area contributed by atoms with E-state index in [1.807, 2.05) is 37.3 Å². The first kappa shape index (κ1) is 47.1. The van der Waals surface area contributed by atoms with Crippen LogP contribution < -0.4 is 26.4 Å². The van der Waals surface area contributed by atoms with Crippen LogP contribution >= 0.6 is 0 Å². The van der Waals surface area contributed by atoms with Crippen LogP contribution in [0.4, 0.5) is 5.69 Å². The standard InChI is InChI=1S/C47H64N4O9/c1-10-17-38(45(55)60-47(5,6)7)49-42(52)35-25-33(59-39(24-29(4)30-18-13-11-14-19-30)34-23-22-32(57-8)27-37(34)48)26-36(35)43(53)50-40(28(2)3)44(54)51-41(46(56)58-9)31-20-15-12-16-21-31/h11,13-14,18-19,22-24,26-28,31,33,35,38,40-41H,4,10,12,15-17,20-21,25,48H2,1-3,5-9H3,(H,49,52)(H,50,53)(H,51,54)/b39-24+/t33-,35-,38+,40+,41+/m1/s1. The Kier molecular flexibility index (Phi) is 17.0. The molecule has 1 fully saturated rings. The number of allylic oxidation sites excluding steroid dienone is 2. The molecule has 2 aromatic carbocycles. The number of hydrogen-bond donors (Lipinski definition) is 4. The first-order chi connectivity index (χ1) is 28.5. The Hall–Kier alpha value is -5.59. The van der Waals surface area contributed by atoms with Gasteiger partial charge in [-0.3, -0.25) is 14.4 Å². The maximum Gasteiger partial charge on any atom is 0.329 e. The van der Waals surface area contributed by atoms with Gasteiger partial charge in [0, 0.05) is 29.3 Å². The summed E-state index contributed by atoms with van der Waals surface area (Å²) in [5.41, 5.74) is 8.14. The molecule has 1 saturated carbocycles. The van der Waals surface area contributed by atoms with Crippen LogP contribution in [-0.2, 0) is 38.2 Å². The minimum atomic E-state index is -1.09. The quantitative estimate of drug-likeness (QED) is 0.0548. The Morgan fingerprint density at radius 3 is 2.20 bits per heavy atom. The van der Waals surface area contributed by atoms with Crippen molar-refractivity contribution in [1.82, 2.24) is 16.0 Å². The number of nitrogens with two attached hydrogens (primary N) is 1. The molecule has 60 heavy (non-hydrogen) atoms. The molecule has 0 aromatic heterocycles. The second-order valence-corrected chi connectivity index (χ2v) is 16.9. The number of ether oxygens (including phenoxy) is 4. The third kappa shape index (κ3) is 13.0. The van der Waals surface area contributed by atoms with Gasteiger partial charge in [-0.2, -0.15) is 0 Å². The van der Waals surface area contributed by atoms with E-state index in [-0.39, 0.29) is 17.9 Å². The number of amides is 3. The molecule has 13 heteroatoms. The maximum atomic E-state index is 14.4. The average molecular weight is 829 g/mol. The molecule has 2 aliphatic rings. The number of rotatable bonds is 18. The Morgan fingerprint density at radius 1 is 0.933 bits per heavy atom. The lowest BCUT2D eigenvalue weighted by molar-refractivity contribution is -0.159. The van der Waals surface area contributed by atoms with Crippen LogP contribution in [0, 0.1) is 17.8 Å². The van der Waals surface area contributed by atoms with Crippen LogP contribution in [0.5, 0.6) is 5.75 Å². The highest BCUT2D eigenvalue weighted by Crippen LogP contribution is 2.36. The van der Waals surface area contributed by atoms with Gasteiger partial charge < -0.3 is 40.6 Å². The van der Waals surface area contributed by atoms with E-state index >= 15 is 0 Å². The Morgan fingerprint density at radius 2 is 1.62 bits per heavy atom. The van der Waals surface area contributed by atoms with Crippen LogP contribution in [0.3, 0.4) is 0 Å². The van der Waals surface area contributed by atoms with E-state index in [0.29, 0.717) is 41.2 Å². The minimum Gasteiger partial charge on any atom is -0.497 e. The first-order valence-electron chi connectivity index (χ1n) is 21.0. The van der Waals surface area contributed by atoms with E-state index in [1.54, 1.807) is 65.0 Å². The molecular formula is C47H64N4O9. The van der Waals surface area contributed by atoms with Crippen molar-refractivity contribution in [2.75, 3.05) is 20.0 Å². The van der Waals surface area contributed by atoms with Crippen LogP contribution in [-0.4, -0.2) is 73.7 Å². The van der Waals surface area contributed by atoms with Gasteiger partial charge >= 0.3 is 11.9 Å². The number of anilines is 1. The first-order valence-corrected chi connectivity index (χ1v) is 21.0. The van der Waals surface area contributed by atoms with Gasteiger partial charge in [-0.05, 0) is 87.3 Å². The summed E-state index contributed by atoms with van der Waals surface area (Å²) in [5.74, 6) is -3.64. The van der Waals surface area contributed by atoms with Crippen molar-refractivity contribution in [1.29, 1.82) is 0 Å².